The first kappa shape index (κ1) is 16.3. The molecule has 1 saturated heterocycles. The van der Waals surface area contributed by atoms with E-state index in [0.717, 1.165) is 24.1 Å². The molecule has 4 nitrogen and oxygen atoms in total. The Hall–Kier alpha value is -2.20. The number of hydrogen-bond acceptors (Lipinski definition) is 3. The number of aliphatic hydroxyl groups is 1. The van der Waals surface area contributed by atoms with Gasteiger partial charge in [0, 0.05) is 19.3 Å². The first-order valence-corrected chi connectivity index (χ1v) is 9.09. The van der Waals surface area contributed by atoms with E-state index in [0.29, 0.717) is 25.9 Å². The summed E-state index contributed by atoms with van der Waals surface area (Å²) >= 11 is 0. The summed E-state index contributed by atoms with van der Waals surface area (Å²) < 4.78 is 0. The molecule has 1 aromatic carbocycles. The number of benzene rings is 1. The second kappa shape index (κ2) is 6.26. The van der Waals surface area contributed by atoms with Crippen LogP contribution in [-0.4, -0.2) is 34.0 Å². The predicted molar refractivity (Wildman–Crippen MR) is 96.2 cm³/mol. The largest absolute Gasteiger partial charge is 0.383 e. The molecule has 1 aliphatic carbocycles. The highest BCUT2D eigenvalue weighted by molar-refractivity contribution is 5.85. The van der Waals surface area contributed by atoms with Crippen molar-refractivity contribution in [1.29, 1.82) is 0 Å². The Morgan fingerprint density at radius 3 is 2.68 bits per heavy atom. The van der Waals surface area contributed by atoms with Crippen molar-refractivity contribution >= 4 is 5.91 Å². The number of hydrogen-bond donors (Lipinski definition) is 1. The van der Waals surface area contributed by atoms with Crippen LogP contribution in [0.4, 0.5) is 0 Å². The van der Waals surface area contributed by atoms with E-state index in [9.17, 15) is 9.90 Å². The average molecular weight is 336 g/mol. The molecule has 0 saturated carbocycles. The van der Waals surface area contributed by atoms with E-state index in [2.05, 4.69) is 17.1 Å². The molecular formula is C21H24N2O2. The number of carbonyl (C=O) groups is 1. The fourth-order valence-electron chi connectivity index (χ4n) is 4.13. The Balaban J connectivity index is 1.45. The normalized spacial score (nSPS) is 21.8. The minimum Gasteiger partial charge on any atom is -0.383 e. The van der Waals surface area contributed by atoms with Crippen LogP contribution in [-0.2, 0) is 16.8 Å². The summed E-state index contributed by atoms with van der Waals surface area (Å²) in [6.45, 7) is 3.16. The van der Waals surface area contributed by atoms with Crippen molar-refractivity contribution in [3.8, 4) is 0 Å². The second-order valence-electron chi connectivity index (χ2n) is 7.37. The van der Waals surface area contributed by atoms with Crippen LogP contribution >= 0.6 is 0 Å². The van der Waals surface area contributed by atoms with Crippen molar-refractivity contribution < 1.29 is 9.90 Å². The SMILES string of the molecule is Cc1ccc(C2(O)CCN(C(=O)[C@H]3CCc4ccccc43)CC2)nc1. The summed E-state index contributed by atoms with van der Waals surface area (Å²) in [6.07, 6.45) is 4.77. The fraction of sp³-hybridized carbons (Fsp3) is 0.429. The van der Waals surface area contributed by atoms with E-state index >= 15 is 0 Å². The van der Waals surface area contributed by atoms with Gasteiger partial charge in [0.15, 0.2) is 0 Å². The molecule has 2 heterocycles. The Morgan fingerprint density at radius 1 is 1.20 bits per heavy atom. The maximum Gasteiger partial charge on any atom is 0.230 e. The summed E-state index contributed by atoms with van der Waals surface area (Å²) in [7, 11) is 0. The standard InChI is InChI=1S/C21H24N2O2/c1-15-6-9-19(22-14-15)21(25)10-12-23(13-11-21)20(24)18-8-7-16-4-2-3-5-17(16)18/h2-6,9,14,18,25H,7-8,10-13H2,1H3/t18-/m0/s1. The number of likely N-dealkylation sites (tertiary alicyclic amines) is 1. The maximum absolute atomic E-state index is 13.0. The Morgan fingerprint density at radius 2 is 1.96 bits per heavy atom. The van der Waals surface area contributed by atoms with E-state index in [1.807, 2.05) is 36.1 Å². The van der Waals surface area contributed by atoms with Crippen molar-refractivity contribution in [3.05, 3.63) is 65.0 Å². The molecule has 1 N–H and O–H groups in total. The lowest BCUT2D eigenvalue weighted by atomic mass is 9.87. The van der Waals surface area contributed by atoms with Gasteiger partial charge in [0.1, 0.15) is 5.60 Å². The van der Waals surface area contributed by atoms with E-state index in [-0.39, 0.29) is 11.8 Å². The topological polar surface area (TPSA) is 53.4 Å². The van der Waals surface area contributed by atoms with Gasteiger partial charge in [0.25, 0.3) is 0 Å². The first-order valence-electron chi connectivity index (χ1n) is 9.09. The van der Waals surface area contributed by atoms with Gasteiger partial charge in [-0.05, 0) is 55.4 Å². The molecule has 1 amide bonds. The third-order valence-corrected chi connectivity index (χ3v) is 5.72. The fourth-order valence-corrected chi connectivity index (χ4v) is 4.13. The molecule has 1 aromatic heterocycles. The summed E-state index contributed by atoms with van der Waals surface area (Å²) in [4.78, 5) is 19.3. The quantitative estimate of drug-likeness (QED) is 0.917. The number of amides is 1. The van der Waals surface area contributed by atoms with Gasteiger partial charge in [-0.2, -0.15) is 0 Å². The van der Waals surface area contributed by atoms with Crippen LogP contribution in [0.25, 0.3) is 0 Å². The van der Waals surface area contributed by atoms with Crippen LogP contribution in [0.2, 0.25) is 0 Å². The molecule has 0 bridgehead atoms. The number of carbonyl (C=O) groups excluding carboxylic acids is 1. The molecule has 4 heteroatoms. The number of aryl methyl sites for hydroxylation is 2. The zero-order valence-electron chi connectivity index (χ0n) is 14.6. The zero-order chi connectivity index (χ0) is 17.4. The molecule has 0 spiro atoms. The highest BCUT2D eigenvalue weighted by atomic mass is 16.3. The minimum absolute atomic E-state index is 0.0140. The molecule has 2 aliphatic rings. The molecule has 1 atom stereocenters. The Kier molecular flexibility index (Phi) is 4.08. The van der Waals surface area contributed by atoms with Crippen molar-refractivity contribution in [2.45, 2.75) is 44.1 Å². The number of nitrogens with zero attached hydrogens (tertiary/aromatic N) is 2. The number of piperidine rings is 1. The van der Waals surface area contributed by atoms with E-state index in [1.165, 1.54) is 11.1 Å². The maximum atomic E-state index is 13.0. The molecule has 25 heavy (non-hydrogen) atoms. The number of aromatic nitrogens is 1. The molecular weight excluding hydrogens is 312 g/mol. The zero-order valence-corrected chi connectivity index (χ0v) is 14.6. The number of fused-ring (bicyclic) bond motifs is 1. The highest BCUT2D eigenvalue weighted by Gasteiger charge is 2.39. The van der Waals surface area contributed by atoms with Gasteiger partial charge in [0.2, 0.25) is 5.91 Å². The number of pyridine rings is 1. The van der Waals surface area contributed by atoms with Gasteiger partial charge in [-0.15, -0.1) is 0 Å². The van der Waals surface area contributed by atoms with E-state index < -0.39 is 5.60 Å². The first-order chi connectivity index (χ1) is 12.1. The predicted octanol–water partition coefficient (Wildman–Crippen LogP) is 2.93. The third-order valence-electron chi connectivity index (χ3n) is 5.72. The monoisotopic (exact) mass is 336 g/mol. The van der Waals surface area contributed by atoms with Gasteiger partial charge in [0.05, 0.1) is 11.6 Å². The average Bonchev–Trinajstić information content (AvgIpc) is 3.06. The summed E-state index contributed by atoms with van der Waals surface area (Å²) in [5.74, 6) is 0.198. The lowest BCUT2D eigenvalue weighted by Crippen LogP contribution is -2.46. The van der Waals surface area contributed by atoms with Crippen LogP contribution in [0.15, 0.2) is 42.6 Å². The molecule has 1 fully saturated rings. The molecule has 0 unspecified atom stereocenters. The summed E-state index contributed by atoms with van der Waals surface area (Å²) in [5.41, 5.74) is 3.38. The van der Waals surface area contributed by atoms with Gasteiger partial charge in [-0.1, -0.05) is 30.3 Å². The highest BCUT2D eigenvalue weighted by Crippen LogP contribution is 2.37. The lowest BCUT2D eigenvalue weighted by molar-refractivity contribution is -0.137. The third kappa shape index (κ3) is 2.95. The van der Waals surface area contributed by atoms with Crippen molar-refractivity contribution in [1.82, 2.24) is 9.88 Å². The molecule has 1 aliphatic heterocycles. The van der Waals surface area contributed by atoms with Crippen LogP contribution in [0, 0.1) is 6.92 Å². The van der Waals surface area contributed by atoms with Gasteiger partial charge >= 0.3 is 0 Å². The van der Waals surface area contributed by atoms with E-state index in [1.54, 1.807) is 6.20 Å². The molecule has 2 aromatic rings. The molecule has 0 radical (unpaired) electrons. The van der Waals surface area contributed by atoms with Crippen LogP contribution in [0.5, 0.6) is 0 Å². The summed E-state index contributed by atoms with van der Waals surface area (Å²) in [6, 6.07) is 12.2. The van der Waals surface area contributed by atoms with Gasteiger partial charge < -0.3 is 10.0 Å². The smallest absolute Gasteiger partial charge is 0.230 e. The van der Waals surface area contributed by atoms with Gasteiger partial charge in [-0.25, -0.2) is 0 Å². The van der Waals surface area contributed by atoms with Crippen molar-refractivity contribution in [2.75, 3.05) is 13.1 Å². The lowest BCUT2D eigenvalue weighted by Gasteiger charge is -2.38. The molecule has 4 rings (SSSR count). The van der Waals surface area contributed by atoms with Crippen LogP contribution < -0.4 is 0 Å². The molecule has 130 valence electrons. The summed E-state index contributed by atoms with van der Waals surface area (Å²) in [5, 5.41) is 11.0. The Labute approximate surface area is 148 Å². The number of rotatable bonds is 2. The van der Waals surface area contributed by atoms with Crippen LogP contribution in [0.3, 0.4) is 0 Å². The van der Waals surface area contributed by atoms with Crippen molar-refractivity contribution in [3.63, 3.8) is 0 Å². The second-order valence-corrected chi connectivity index (χ2v) is 7.37. The van der Waals surface area contributed by atoms with E-state index in [4.69, 9.17) is 0 Å². The Bertz CT molecular complexity index is 777. The minimum atomic E-state index is -0.919. The van der Waals surface area contributed by atoms with Crippen LogP contribution in [0.1, 0.15) is 47.6 Å². The van der Waals surface area contributed by atoms with Gasteiger partial charge in [-0.3, -0.25) is 9.78 Å². The van der Waals surface area contributed by atoms with Crippen molar-refractivity contribution in [2.24, 2.45) is 0 Å².